The highest BCUT2D eigenvalue weighted by Gasteiger charge is 2.21. The van der Waals surface area contributed by atoms with Crippen LogP contribution in [0.2, 0.25) is 0 Å². The molecule has 4 heterocycles. The molecule has 0 aliphatic rings. The molecule has 0 aliphatic heterocycles. The van der Waals surface area contributed by atoms with Gasteiger partial charge in [-0.15, -0.1) is 0 Å². The molecule has 0 bridgehead atoms. The largest absolute Gasteiger partial charge is 0.455 e. The Hall–Kier alpha value is -6.26. The van der Waals surface area contributed by atoms with Crippen LogP contribution >= 0.6 is 0 Å². The Morgan fingerprint density at radius 3 is 1.61 bits per heavy atom. The molecule has 0 saturated heterocycles. The Balaban J connectivity index is 1.17. The Bertz CT molecular complexity index is 3040. The zero-order valence-electron chi connectivity index (χ0n) is 24.5. The van der Waals surface area contributed by atoms with Gasteiger partial charge in [0, 0.05) is 54.5 Å². The minimum absolute atomic E-state index is 0.850. The summed E-state index contributed by atoms with van der Waals surface area (Å²) < 4.78 is 21.9. The van der Waals surface area contributed by atoms with E-state index in [-0.39, 0.29) is 0 Å². The number of benzene rings is 7. The smallest absolute Gasteiger partial charge is 0.145 e. The van der Waals surface area contributed by atoms with Crippen LogP contribution in [-0.2, 0) is 0 Å². The van der Waals surface area contributed by atoms with Gasteiger partial charge in [-0.05, 0) is 48.5 Å². The molecule has 0 spiro atoms. The summed E-state index contributed by atoms with van der Waals surface area (Å²) in [6, 6.07) is 48.7. The van der Waals surface area contributed by atoms with E-state index in [9.17, 15) is 0 Å². The summed E-state index contributed by atoms with van der Waals surface area (Å²) in [6.45, 7) is 0. The van der Waals surface area contributed by atoms with Gasteiger partial charge in [0.2, 0.25) is 0 Å². The number of rotatable bonds is 2. The molecule has 4 nitrogen and oxygen atoms in total. The molecule has 0 radical (unpaired) electrons. The summed E-state index contributed by atoms with van der Waals surface area (Å²) >= 11 is 0. The first kappa shape index (κ1) is 24.1. The van der Waals surface area contributed by atoms with Crippen LogP contribution in [0.5, 0.6) is 0 Å². The minimum atomic E-state index is 0.850. The second-order valence-electron chi connectivity index (χ2n) is 12.0. The van der Waals surface area contributed by atoms with E-state index in [4.69, 9.17) is 13.3 Å². The fourth-order valence-corrected chi connectivity index (χ4v) is 7.61. The molecule has 46 heavy (non-hydrogen) atoms. The van der Waals surface area contributed by atoms with Gasteiger partial charge in [0.05, 0.1) is 16.4 Å². The first-order valence-electron chi connectivity index (χ1n) is 15.5. The van der Waals surface area contributed by atoms with Gasteiger partial charge < -0.3 is 17.8 Å². The molecule has 0 atom stereocenters. The standard InChI is InChI=1S/C42H23NO3/c1-4-16-34-32(11-1)39-35(21-20-31-26-10-3-6-18-37(26)46-42(31)39)43(34)24-19-22-38-33(23-24)30-15-8-14-29(41(30)45-38)28-13-7-12-27-25-9-2-5-17-36(25)44-40(27)28/h1-23H. The van der Waals surface area contributed by atoms with Crippen molar-refractivity contribution in [2.24, 2.45) is 0 Å². The molecular formula is C42H23NO3. The number of hydrogen-bond donors (Lipinski definition) is 0. The second-order valence-corrected chi connectivity index (χ2v) is 12.0. The molecule has 214 valence electrons. The molecule has 4 heteroatoms. The van der Waals surface area contributed by atoms with E-state index in [2.05, 4.69) is 120 Å². The highest BCUT2D eigenvalue weighted by Crippen LogP contribution is 2.43. The Morgan fingerprint density at radius 1 is 0.348 bits per heavy atom. The van der Waals surface area contributed by atoms with Gasteiger partial charge in [-0.3, -0.25) is 0 Å². The third kappa shape index (κ3) is 3.07. The molecular weight excluding hydrogens is 566 g/mol. The van der Waals surface area contributed by atoms with Crippen molar-refractivity contribution in [2.75, 3.05) is 0 Å². The Labute approximate surface area is 261 Å². The average molecular weight is 590 g/mol. The molecule has 7 aromatic carbocycles. The molecule has 0 aliphatic carbocycles. The Kier molecular flexibility index (Phi) is 4.55. The average Bonchev–Trinajstić information content (AvgIpc) is 3.86. The lowest BCUT2D eigenvalue weighted by atomic mass is 10.00. The predicted molar refractivity (Wildman–Crippen MR) is 188 cm³/mol. The van der Waals surface area contributed by atoms with Crippen LogP contribution in [0.25, 0.3) is 104 Å². The van der Waals surface area contributed by atoms with Crippen molar-refractivity contribution < 1.29 is 13.3 Å². The van der Waals surface area contributed by atoms with Crippen LogP contribution in [0, 0.1) is 0 Å². The quantitative estimate of drug-likeness (QED) is 0.201. The SMILES string of the molecule is c1ccc2c(c1)oc1c(-c3cccc4c3oc3ccc(-n5c6ccccc6c6c7oc8ccccc8c7ccc65)cc34)cccc12. The monoisotopic (exact) mass is 589 g/mol. The topological polar surface area (TPSA) is 44.4 Å². The third-order valence-electron chi connectivity index (χ3n) is 9.61. The summed E-state index contributed by atoms with van der Waals surface area (Å²) in [4.78, 5) is 0. The van der Waals surface area contributed by atoms with Crippen molar-refractivity contribution in [3.63, 3.8) is 0 Å². The van der Waals surface area contributed by atoms with E-state index >= 15 is 0 Å². The summed E-state index contributed by atoms with van der Waals surface area (Å²) in [5.41, 5.74) is 10.7. The van der Waals surface area contributed by atoms with E-state index in [1.807, 2.05) is 24.3 Å². The van der Waals surface area contributed by atoms with Crippen LogP contribution in [0.15, 0.2) is 153 Å². The highest BCUT2D eigenvalue weighted by molar-refractivity contribution is 6.24. The number of furan rings is 3. The van der Waals surface area contributed by atoms with Gasteiger partial charge in [-0.2, -0.15) is 0 Å². The van der Waals surface area contributed by atoms with Crippen molar-refractivity contribution in [1.29, 1.82) is 0 Å². The zero-order valence-corrected chi connectivity index (χ0v) is 24.5. The van der Waals surface area contributed by atoms with Crippen molar-refractivity contribution in [3.05, 3.63) is 140 Å². The molecule has 0 unspecified atom stereocenters. The summed E-state index contributed by atoms with van der Waals surface area (Å²) in [6.07, 6.45) is 0. The summed E-state index contributed by atoms with van der Waals surface area (Å²) in [5.74, 6) is 0. The van der Waals surface area contributed by atoms with Crippen molar-refractivity contribution in [1.82, 2.24) is 4.57 Å². The van der Waals surface area contributed by atoms with Crippen LogP contribution in [-0.4, -0.2) is 4.57 Å². The van der Waals surface area contributed by atoms with E-state index in [0.717, 1.165) is 99.0 Å². The zero-order chi connectivity index (χ0) is 29.9. The van der Waals surface area contributed by atoms with E-state index in [1.165, 1.54) is 5.39 Å². The van der Waals surface area contributed by atoms with Crippen LogP contribution in [0.4, 0.5) is 0 Å². The second kappa shape index (κ2) is 8.68. The van der Waals surface area contributed by atoms with Crippen molar-refractivity contribution in [3.8, 4) is 16.8 Å². The number of para-hydroxylation sites is 5. The molecule has 0 fully saturated rings. The highest BCUT2D eigenvalue weighted by atomic mass is 16.3. The Morgan fingerprint density at radius 2 is 0.891 bits per heavy atom. The lowest BCUT2D eigenvalue weighted by molar-refractivity contribution is 0.665. The van der Waals surface area contributed by atoms with Crippen LogP contribution in [0.3, 0.4) is 0 Å². The van der Waals surface area contributed by atoms with Gasteiger partial charge >= 0.3 is 0 Å². The van der Waals surface area contributed by atoms with E-state index in [0.29, 0.717) is 0 Å². The number of aromatic nitrogens is 1. The lowest BCUT2D eigenvalue weighted by Crippen LogP contribution is -1.93. The van der Waals surface area contributed by atoms with E-state index in [1.54, 1.807) is 0 Å². The van der Waals surface area contributed by atoms with Crippen LogP contribution in [0.1, 0.15) is 0 Å². The molecule has 0 amide bonds. The number of hydrogen-bond acceptors (Lipinski definition) is 3. The van der Waals surface area contributed by atoms with Crippen molar-refractivity contribution in [2.45, 2.75) is 0 Å². The fourth-order valence-electron chi connectivity index (χ4n) is 7.61. The van der Waals surface area contributed by atoms with Crippen molar-refractivity contribution >= 4 is 87.6 Å². The van der Waals surface area contributed by atoms with Gasteiger partial charge in [-0.25, -0.2) is 0 Å². The molecule has 0 saturated carbocycles. The molecule has 11 aromatic rings. The first-order valence-corrected chi connectivity index (χ1v) is 15.5. The third-order valence-corrected chi connectivity index (χ3v) is 9.61. The first-order chi connectivity index (χ1) is 22.8. The van der Waals surface area contributed by atoms with E-state index < -0.39 is 0 Å². The van der Waals surface area contributed by atoms with Gasteiger partial charge in [0.25, 0.3) is 0 Å². The maximum absolute atomic E-state index is 6.63. The predicted octanol–water partition coefficient (Wildman–Crippen LogP) is 12.1. The van der Waals surface area contributed by atoms with Gasteiger partial charge in [-0.1, -0.05) is 91.0 Å². The molecule has 4 aromatic heterocycles. The lowest BCUT2D eigenvalue weighted by Gasteiger charge is -2.08. The number of nitrogens with zero attached hydrogens (tertiary/aromatic N) is 1. The normalized spacial score (nSPS) is 12.3. The van der Waals surface area contributed by atoms with Crippen LogP contribution < -0.4 is 0 Å². The molecule has 11 rings (SSSR count). The van der Waals surface area contributed by atoms with Gasteiger partial charge in [0.15, 0.2) is 0 Å². The summed E-state index contributed by atoms with van der Waals surface area (Å²) in [5, 5.41) is 8.93. The molecule has 0 N–H and O–H groups in total. The fraction of sp³-hybridized carbons (Fsp3) is 0. The maximum Gasteiger partial charge on any atom is 0.145 e. The number of fused-ring (bicyclic) bond motifs is 13. The maximum atomic E-state index is 6.63. The summed E-state index contributed by atoms with van der Waals surface area (Å²) in [7, 11) is 0. The minimum Gasteiger partial charge on any atom is -0.455 e. The van der Waals surface area contributed by atoms with Gasteiger partial charge in [0.1, 0.15) is 33.5 Å².